The van der Waals surface area contributed by atoms with E-state index < -0.39 is 11.9 Å². The van der Waals surface area contributed by atoms with Crippen LogP contribution >= 0.6 is 0 Å². The molecule has 2 rings (SSSR count). The highest BCUT2D eigenvalue weighted by atomic mass is 16.5. The molecule has 0 saturated heterocycles. The number of ether oxygens (including phenoxy) is 1. The van der Waals surface area contributed by atoms with Gasteiger partial charge in [0.25, 0.3) is 0 Å². The Hall–Kier alpha value is -1.84. The van der Waals surface area contributed by atoms with Crippen LogP contribution in [-0.4, -0.2) is 23.1 Å². The van der Waals surface area contributed by atoms with Crippen LogP contribution in [0.3, 0.4) is 0 Å². The highest BCUT2D eigenvalue weighted by Gasteiger charge is 2.29. The van der Waals surface area contributed by atoms with E-state index in [1.165, 1.54) is 12.1 Å². The van der Waals surface area contributed by atoms with Crippen molar-refractivity contribution in [3.05, 3.63) is 35.4 Å². The summed E-state index contributed by atoms with van der Waals surface area (Å²) in [5.41, 5.74) is 0.727. The van der Waals surface area contributed by atoms with E-state index in [1.54, 1.807) is 12.1 Å². The molecule has 1 saturated carbocycles. The van der Waals surface area contributed by atoms with Crippen LogP contribution in [0.4, 0.5) is 0 Å². The van der Waals surface area contributed by atoms with Gasteiger partial charge in [0, 0.05) is 0 Å². The number of rotatable bonds is 3. The zero-order chi connectivity index (χ0) is 14.8. The quantitative estimate of drug-likeness (QED) is 0.858. The summed E-state index contributed by atoms with van der Waals surface area (Å²) in [6, 6.07) is 5.96. The Labute approximate surface area is 118 Å². The van der Waals surface area contributed by atoms with Gasteiger partial charge in [-0.15, -0.1) is 0 Å². The minimum atomic E-state index is -1.04. The van der Waals surface area contributed by atoms with Crippen LogP contribution in [0.15, 0.2) is 24.3 Å². The van der Waals surface area contributed by atoms with E-state index in [2.05, 4.69) is 13.8 Å². The molecule has 4 nitrogen and oxygen atoms in total. The van der Waals surface area contributed by atoms with E-state index >= 15 is 0 Å². The highest BCUT2D eigenvalue weighted by molar-refractivity contribution is 5.94. The van der Waals surface area contributed by atoms with E-state index in [0.717, 1.165) is 25.7 Å². The number of hydrogen-bond acceptors (Lipinski definition) is 3. The van der Waals surface area contributed by atoms with Gasteiger partial charge in [0.2, 0.25) is 0 Å². The molecule has 1 fully saturated rings. The van der Waals surface area contributed by atoms with Gasteiger partial charge >= 0.3 is 11.9 Å². The molecule has 0 heterocycles. The van der Waals surface area contributed by atoms with Crippen molar-refractivity contribution in [2.45, 2.75) is 45.6 Å². The average molecular weight is 276 g/mol. The standard InChI is InChI=1S/C16H20O4/c1-16(2)8-6-13(7-9-16)20-15(19)12-5-3-4-11(10-12)14(17)18/h3-5,10,13H,6-9H2,1-2H3,(H,17,18). The van der Waals surface area contributed by atoms with Crippen LogP contribution in [-0.2, 0) is 4.74 Å². The first-order chi connectivity index (χ1) is 9.37. The Balaban J connectivity index is 1.99. The first-order valence-electron chi connectivity index (χ1n) is 6.92. The molecular weight excluding hydrogens is 256 g/mol. The first kappa shape index (κ1) is 14.6. The predicted octanol–water partition coefficient (Wildman–Crippen LogP) is 3.51. The van der Waals surface area contributed by atoms with Crippen LogP contribution in [0.25, 0.3) is 0 Å². The molecule has 108 valence electrons. The second kappa shape index (κ2) is 5.65. The van der Waals surface area contributed by atoms with Crippen molar-refractivity contribution in [3.63, 3.8) is 0 Å². The number of carbonyl (C=O) groups excluding carboxylic acids is 1. The molecule has 0 amide bonds. The van der Waals surface area contributed by atoms with Gasteiger partial charge in [-0.2, -0.15) is 0 Å². The van der Waals surface area contributed by atoms with Crippen LogP contribution in [0.5, 0.6) is 0 Å². The molecule has 0 radical (unpaired) electrons. The monoisotopic (exact) mass is 276 g/mol. The lowest BCUT2D eigenvalue weighted by Crippen LogP contribution is -2.28. The summed E-state index contributed by atoms with van der Waals surface area (Å²) < 4.78 is 5.47. The second-order valence-corrected chi connectivity index (χ2v) is 6.15. The third-order valence-corrected chi connectivity index (χ3v) is 3.91. The minimum absolute atomic E-state index is 0.0518. The number of benzene rings is 1. The Morgan fingerprint density at radius 3 is 2.40 bits per heavy atom. The number of carbonyl (C=O) groups is 2. The maximum Gasteiger partial charge on any atom is 0.338 e. The maximum atomic E-state index is 12.0. The minimum Gasteiger partial charge on any atom is -0.478 e. The number of carboxylic acids is 1. The van der Waals surface area contributed by atoms with E-state index in [-0.39, 0.29) is 11.7 Å². The lowest BCUT2D eigenvalue weighted by Gasteiger charge is -2.33. The van der Waals surface area contributed by atoms with Crippen LogP contribution in [0.2, 0.25) is 0 Å². The zero-order valence-corrected chi connectivity index (χ0v) is 11.9. The SMILES string of the molecule is CC1(C)CCC(OC(=O)c2cccc(C(=O)O)c2)CC1. The van der Waals surface area contributed by atoms with Crippen molar-refractivity contribution in [2.75, 3.05) is 0 Å². The van der Waals surface area contributed by atoms with Gasteiger partial charge in [-0.3, -0.25) is 0 Å². The molecule has 1 aromatic rings. The van der Waals surface area contributed by atoms with Crippen molar-refractivity contribution in [3.8, 4) is 0 Å². The van der Waals surface area contributed by atoms with Crippen molar-refractivity contribution in [2.24, 2.45) is 5.41 Å². The topological polar surface area (TPSA) is 63.6 Å². The molecule has 0 spiro atoms. The third kappa shape index (κ3) is 3.59. The van der Waals surface area contributed by atoms with Crippen LogP contribution in [0, 0.1) is 5.41 Å². The van der Waals surface area contributed by atoms with Crippen LogP contribution in [0.1, 0.15) is 60.2 Å². The summed E-state index contributed by atoms with van der Waals surface area (Å²) in [4.78, 5) is 22.9. The normalized spacial score (nSPS) is 18.5. The molecule has 1 aliphatic carbocycles. The van der Waals surface area contributed by atoms with E-state index in [0.29, 0.717) is 11.0 Å². The highest BCUT2D eigenvalue weighted by Crippen LogP contribution is 2.36. The average Bonchev–Trinajstić information content (AvgIpc) is 2.41. The van der Waals surface area contributed by atoms with Crippen molar-refractivity contribution < 1.29 is 19.4 Å². The molecule has 0 aromatic heterocycles. The summed E-state index contributed by atoms with van der Waals surface area (Å²) in [5.74, 6) is -1.48. The summed E-state index contributed by atoms with van der Waals surface area (Å²) in [5, 5.41) is 8.92. The van der Waals surface area contributed by atoms with E-state index in [4.69, 9.17) is 9.84 Å². The predicted molar refractivity (Wildman–Crippen MR) is 74.9 cm³/mol. The molecule has 1 N–H and O–H groups in total. The summed E-state index contributed by atoms with van der Waals surface area (Å²) in [7, 11) is 0. The Morgan fingerprint density at radius 1 is 1.20 bits per heavy atom. The Bertz CT molecular complexity index is 509. The van der Waals surface area contributed by atoms with Gasteiger partial charge in [-0.05, 0) is 49.3 Å². The number of esters is 1. The van der Waals surface area contributed by atoms with Crippen LogP contribution < -0.4 is 0 Å². The number of aromatic carboxylic acids is 1. The van der Waals surface area contributed by atoms with Gasteiger partial charge < -0.3 is 9.84 Å². The maximum absolute atomic E-state index is 12.0. The summed E-state index contributed by atoms with van der Waals surface area (Å²) in [6.07, 6.45) is 3.78. The molecular formula is C16H20O4. The summed E-state index contributed by atoms with van der Waals surface area (Å²) in [6.45, 7) is 4.45. The fourth-order valence-corrected chi connectivity index (χ4v) is 2.49. The molecule has 20 heavy (non-hydrogen) atoms. The Kier molecular flexibility index (Phi) is 4.12. The smallest absolute Gasteiger partial charge is 0.338 e. The molecule has 0 atom stereocenters. The van der Waals surface area contributed by atoms with Gasteiger partial charge in [0.1, 0.15) is 6.10 Å². The summed E-state index contributed by atoms with van der Waals surface area (Å²) >= 11 is 0. The van der Waals surface area contributed by atoms with Gasteiger partial charge in [0.15, 0.2) is 0 Å². The largest absolute Gasteiger partial charge is 0.478 e. The van der Waals surface area contributed by atoms with Gasteiger partial charge in [-0.1, -0.05) is 19.9 Å². The molecule has 0 bridgehead atoms. The fraction of sp³-hybridized carbons (Fsp3) is 0.500. The second-order valence-electron chi connectivity index (χ2n) is 6.15. The molecule has 1 aliphatic rings. The van der Waals surface area contributed by atoms with Crippen molar-refractivity contribution in [1.82, 2.24) is 0 Å². The number of carboxylic acid groups (broad SMARTS) is 1. The zero-order valence-electron chi connectivity index (χ0n) is 11.9. The first-order valence-corrected chi connectivity index (χ1v) is 6.92. The Morgan fingerprint density at radius 2 is 1.80 bits per heavy atom. The van der Waals surface area contributed by atoms with Gasteiger partial charge in [0.05, 0.1) is 11.1 Å². The molecule has 4 heteroatoms. The molecule has 1 aromatic carbocycles. The molecule has 0 unspecified atom stereocenters. The van der Waals surface area contributed by atoms with Gasteiger partial charge in [-0.25, -0.2) is 9.59 Å². The lowest BCUT2D eigenvalue weighted by atomic mass is 9.76. The van der Waals surface area contributed by atoms with E-state index in [1.807, 2.05) is 0 Å². The third-order valence-electron chi connectivity index (χ3n) is 3.91. The molecule has 0 aliphatic heterocycles. The fourth-order valence-electron chi connectivity index (χ4n) is 2.49. The van der Waals surface area contributed by atoms with E-state index in [9.17, 15) is 9.59 Å². The lowest BCUT2D eigenvalue weighted by molar-refractivity contribution is 0.00951. The number of hydrogen-bond donors (Lipinski definition) is 1. The van der Waals surface area contributed by atoms with Crippen molar-refractivity contribution >= 4 is 11.9 Å². The van der Waals surface area contributed by atoms with Crippen molar-refractivity contribution in [1.29, 1.82) is 0 Å².